The van der Waals surface area contributed by atoms with Gasteiger partial charge in [-0.2, -0.15) is 0 Å². The van der Waals surface area contributed by atoms with Gasteiger partial charge in [0.25, 0.3) is 5.56 Å². The van der Waals surface area contributed by atoms with Crippen LogP contribution in [0.5, 0.6) is 0 Å². The quantitative estimate of drug-likeness (QED) is 0.216. The Morgan fingerprint density at radius 3 is 2.64 bits per heavy atom. The molecule has 1 N–H and O–H groups in total. The van der Waals surface area contributed by atoms with Crippen LogP contribution in [0.2, 0.25) is 0 Å². The summed E-state index contributed by atoms with van der Waals surface area (Å²) in [5.74, 6) is -0.521. The maximum absolute atomic E-state index is 15.2. The second-order valence-electron chi connectivity index (χ2n) is 11.2. The Balaban J connectivity index is 1.38. The summed E-state index contributed by atoms with van der Waals surface area (Å²) in [5, 5.41) is 15.6. The highest BCUT2D eigenvalue weighted by atomic mass is 19.1. The average Bonchev–Trinajstić information content (AvgIpc) is 3.88. The summed E-state index contributed by atoms with van der Waals surface area (Å²) in [6, 6.07) is 17.3. The molecule has 228 valence electrons. The van der Waals surface area contributed by atoms with Gasteiger partial charge < -0.3 is 24.9 Å². The fourth-order valence-corrected chi connectivity index (χ4v) is 5.55. The minimum absolute atomic E-state index is 0.0141. The summed E-state index contributed by atoms with van der Waals surface area (Å²) in [5.41, 5.74) is 2.78. The number of carbonyl (C=O) groups is 1. The van der Waals surface area contributed by atoms with Gasteiger partial charge in [-0.15, -0.1) is 0 Å². The largest absolute Gasteiger partial charge is 0.432 e. The molecule has 9 nitrogen and oxygen atoms in total. The molecular weight excluding hydrogens is 573 g/mol. The van der Waals surface area contributed by atoms with Crippen LogP contribution in [0.15, 0.2) is 95.3 Å². The molecule has 0 radical (unpaired) electrons. The molecular formula is C35H31FN5O4-. The van der Waals surface area contributed by atoms with Crippen LogP contribution in [0, 0.1) is 5.82 Å². The predicted molar refractivity (Wildman–Crippen MR) is 172 cm³/mol. The van der Waals surface area contributed by atoms with Gasteiger partial charge in [-0.05, 0) is 76.5 Å². The molecule has 10 heteroatoms. The Morgan fingerprint density at radius 1 is 1.13 bits per heavy atom. The van der Waals surface area contributed by atoms with E-state index in [1.807, 2.05) is 12.1 Å². The number of amides is 1. The number of aromatic nitrogens is 3. The normalized spacial score (nSPS) is 12.7. The first-order valence-electron chi connectivity index (χ1n) is 14.5. The van der Waals surface area contributed by atoms with Gasteiger partial charge in [0.1, 0.15) is 5.82 Å². The number of nitrogens with zero attached hydrogens (tertiary/aromatic N) is 5. The van der Waals surface area contributed by atoms with E-state index in [1.54, 1.807) is 62.8 Å². The van der Waals surface area contributed by atoms with Crippen LogP contribution >= 0.6 is 0 Å². The monoisotopic (exact) mass is 604 g/mol. The third kappa shape index (κ3) is 5.80. The van der Waals surface area contributed by atoms with Crippen molar-refractivity contribution >= 4 is 28.2 Å². The maximum Gasteiger partial charge on any atom is 0.265 e. The zero-order valence-electron chi connectivity index (χ0n) is 24.9. The lowest BCUT2D eigenvalue weighted by atomic mass is 10.0. The molecule has 1 amide bonds. The summed E-state index contributed by atoms with van der Waals surface area (Å²) < 4.78 is 17.9. The minimum atomic E-state index is -0.565. The molecule has 2 aromatic heterocycles. The molecule has 0 atom stereocenters. The smallest absolute Gasteiger partial charge is 0.265 e. The highest BCUT2D eigenvalue weighted by Gasteiger charge is 2.25. The van der Waals surface area contributed by atoms with Crippen molar-refractivity contribution in [1.29, 1.82) is 0 Å². The number of hydrogen-bond donors (Lipinski definition) is 1. The molecule has 1 fully saturated rings. The lowest BCUT2D eigenvalue weighted by Crippen LogP contribution is -2.23. The number of hydrogen-bond acceptors (Lipinski definition) is 5. The van der Waals surface area contributed by atoms with E-state index >= 15 is 4.39 Å². The first-order chi connectivity index (χ1) is 21.7. The van der Waals surface area contributed by atoms with Crippen LogP contribution in [-0.4, -0.2) is 37.1 Å². The number of halogens is 1. The van der Waals surface area contributed by atoms with E-state index in [2.05, 4.69) is 16.9 Å². The average molecular weight is 605 g/mol. The molecule has 3 aromatic carbocycles. The molecule has 6 rings (SSSR count). The molecule has 2 heterocycles. The fraction of sp³-hybridized carbons (Fsp3) is 0.200. The molecule has 5 aromatic rings. The van der Waals surface area contributed by atoms with Crippen molar-refractivity contribution in [1.82, 2.24) is 19.0 Å². The van der Waals surface area contributed by atoms with Crippen LogP contribution < -0.4 is 11.1 Å². The summed E-state index contributed by atoms with van der Waals surface area (Å²) >= 11 is 0. The minimum Gasteiger partial charge on any atom is -0.432 e. The van der Waals surface area contributed by atoms with Crippen molar-refractivity contribution in [2.45, 2.75) is 31.9 Å². The summed E-state index contributed by atoms with van der Waals surface area (Å²) in [4.78, 5) is 44.7. The van der Waals surface area contributed by atoms with Crippen LogP contribution in [-0.2, 0) is 25.0 Å². The van der Waals surface area contributed by atoms with Gasteiger partial charge in [-0.1, -0.05) is 49.0 Å². The number of likely N-dealkylation sites (N-methyl/N-ethyl adjacent to an activating group) is 1. The van der Waals surface area contributed by atoms with E-state index in [9.17, 15) is 19.5 Å². The van der Waals surface area contributed by atoms with Crippen LogP contribution in [0.3, 0.4) is 0 Å². The molecule has 0 aliphatic heterocycles. The van der Waals surface area contributed by atoms with Gasteiger partial charge in [-0.25, -0.2) is 4.39 Å². The summed E-state index contributed by atoms with van der Waals surface area (Å²) in [7, 11) is 3.24. The number of fused-ring (bicyclic) bond motifs is 1. The van der Waals surface area contributed by atoms with E-state index < -0.39 is 23.5 Å². The second-order valence-corrected chi connectivity index (χ2v) is 11.2. The number of aliphatic hydroxyl groups is 1. The highest BCUT2D eigenvalue weighted by molar-refractivity contribution is 5.86. The van der Waals surface area contributed by atoms with E-state index in [-0.39, 0.29) is 17.1 Å². The standard InChI is InChI=1S/C35H31FN5O4/c1-4-31(43)39(2)18-21-7-5-8-25(15-21)37-33-35(45)40(3)19-29(38-33)26-9-6-10-30(27(26)20-42)41-14-13-23-16-24(22-11-12-22)17-28(36)32(23)34(41)44/h4-10,13-17,19,22,42H,1,11-12,18,20H2,2-3H3/q-1. The van der Waals surface area contributed by atoms with Gasteiger partial charge >= 0.3 is 0 Å². The number of aliphatic hydroxyl groups excluding tert-OH is 1. The van der Waals surface area contributed by atoms with Crippen molar-refractivity contribution in [2.24, 2.45) is 7.05 Å². The number of aryl methyl sites for hydroxylation is 1. The fourth-order valence-electron chi connectivity index (χ4n) is 5.55. The Bertz CT molecular complexity index is 2100. The van der Waals surface area contributed by atoms with E-state index in [4.69, 9.17) is 0 Å². The first-order valence-corrected chi connectivity index (χ1v) is 14.5. The molecule has 0 unspecified atom stereocenters. The lowest BCUT2D eigenvalue weighted by Gasteiger charge is -2.22. The Labute approximate surface area is 258 Å². The zero-order valence-corrected chi connectivity index (χ0v) is 24.9. The third-order valence-electron chi connectivity index (χ3n) is 8.04. The molecule has 0 bridgehead atoms. The van der Waals surface area contributed by atoms with E-state index in [0.717, 1.165) is 24.0 Å². The van der Waals surface area contributed by atoms with Gasteiger partial charge in [0, 0.05) is 44.4 Å². The van der Waals surface area contributed by atoms with Gasteiger partial charge in [0.05, 0.1) is 17.7 Å². The van der Waals surface area contributed by atoms with Crippen molar-refractivity contribution < 1.29 is 14.3 Å². The Kier molecular flexibility index (Phi) is 7.90. The Morgan fingerprint density at radius 2 is 1.91 bits per heavy atom. The SMILES string of the molecule is C=CC(=O)N(C)Cc1cccc([N-]c2nc(-c3cccc(-n4ccc5cc(C6CC6)cc(F)c5c4=O)c3CO)cn(C)c2=O)c1. The summed E-state index contributed by atoms with van der Waals surface area (Å²) in [6.07, 6.45) is 6.40. The van der Waals surface area contributed by atoms with Gasteiger partial charge in [0.15, 0.2) is 0 Å². The number of rotatable bonds is 9. The van der Waals surface area contributed by atoms with E-state index in [1.165, 1.54) is 32.4 Å². The predicted octanol–water partition coefficient (Wildman–Crippen LogP) is 5.74. The molecule has 0 spiro atoms. The maximum atomic E-state index is 15.2. The van der Waals surface area contributed by atoms with Crippen LogP contribution in [0.1, 0.15) is 35.4 Å². The number of carbonyl (C=O) groups excluding carboxylic acids is 1. The van der Waals surface area contributed by atoms with Gasteiger partial charge in [0.2, 0.25) is 11.5 Å². The molecule has 0 saturated heterocycles. The Hall–Kier alpha value is -5.35. The van der Waals surface area contributed by atoms with Crippen LogP contribution in [0.25, 0.3) is 33.0 Å². The van der Waals surface area contributed by atoms with Crippen molar-refractivity contribution in [3.05, 3.63) is 134 Å². The topological polar surface area (TPSA) is 112 Å². The molecule has 1 aliphatic rings. The number of benzene rings is 3. The summed E-state index contributed by atoms with van der Waals surface area (Å²) in [6.45, 7) is 3.39. The molecule has 1 aliphatic carbocycles. The van der Waals surface area contributed by atoms with Crippen molar-refractivity contribution in [3.8, 4) is 16.9 Å². The third-order valence-corrected chi connectivity index (χ3v) is 8.04. The zero-order chi connectivity index (χ0) is 31.8. The first kappa shape index (κ1) is 29.7. The number of pyridine rings is 1. The lowest BCUT2D eigenvalue weighted by molar-refractivity contribution is -0.125. The van der Waals surface area contributed by atoms with Crippen molar-refractivity contribution in [3.63, 3.8) is 0 Å². The van der Waals surface area contributed by atoms with E-state index in [0.29, 0.717) is 46.0 Å². The molecule has 45 heavy (non-hydrogen) atoms. The van der Waals surface area contributed by atoms with Gasteiger partial charge in [-0.3, -0.25) is 19.0 Å². The second kappa shape index (κ2) is 12.0. The van der Waals surface area contributed by atoms with Crippen LogP contribution in [0.4, 0.5) is 15.9 Å². The van der Waals surface area contributed by atoms with Crippen molar-refractivity contribution in [2.75, 3.05) is 7.05 Å². The molecule has 1 saturated carbocycles. The highest BCUT2D eigenvalue weighted by Crippen LogP contribution is 2.41.